The van der Waals surface area contributed by atoms with Gasteiger partial charge in [-0.2, -0.15) is 0 Å². The second-order valence-electron chi connectivity index (χ2n) is 6.85. The van der Waals surface area contributed by atoms with E-state index in [1.54, 1.807) is 38.3 Å². The van der Waals surface area contributed by atoms with Crippen molar-refractivity contribution in [2.45, 2.75) is 33.6 Å². The molecule has 2 N–H and O–H groups in total. The molecule has 24 heavy (non-hydrogen) atoms. The number of Topliss-reactive ketones (excluding diaryl/α,β-unsaturated/α-hetero) is 1. The van der Waals surface area contributed by atoms with Crippen LogP contribution in [0.5, 0.6) is 5.75 Å². The quantitative estimate of drug-likeness (QED) is 0.868. The van der Waals surface area contributed by atoms with E-state index < -0.39 is 6.03 Å². The van der Waals surface area contributed by atoms with Crippen LogP contribution in [0.3, 0.4) is 0 Å². The maximum Gasteiger partial charge on any atom is 0.325 e. The number of methoxy groups -OCH3 is 1. The zero-order valence-electron chi connectivity index (χ0n) is 14.5. The minimum absolute atomic E-state index is 0.00317. The topological polar surface area (TPSA) is 84.5 Å². The molecule has 130 valence electrons. The van der Waals surface area contributed by atoms with Gasteiger partial charge in [-0.15, -0.1) is 0 Å². The summed E-state index contributed by atoms with van der Waals surface area (Å²) in [5.41, 5.74) is 0.372. The first-order chi connectivity index (χ1) is 11.2. The minimum Gasteiger partial charge on any atom is -0.497 e. The van der Waals surface area contributed by atoms with Gasteiger partial charge in [0.2, 0.25) is 5.91 Å². The van der Waals surface area contributed by atoms with Crippen LogP contribution in [-0.2, 0) is 9.59 Å². The summed E-state index contributed by atoms with van der Waals surface area (Å²) in [6.45, 7) is 5.58. The average Bonchev–Trinajstić information content (AvgIpc) is 2.51. The van der Waals surface area contributed by atoms with E-state index in [4.69, 9.17) is 4.74 Å². The monoisotopic (exact) mass is 332 g/mol. The first kappa shape index (κ1) is 18.0. The summed E-state index contributed by atoms with van der Waals surface area (Å²) < 4.78 is 5.04. The highest BCUT2D eigenvalue weighted by Crippen LogP contribution is 2.53. The van der Waals surface area contributed by atoms with Gasteiger partial charge in [0.1, 0.15) is 11.5 Å². The zero-order chi connectivity index (χ0) is 17.9. The van der Waals surface area contributed by atoms with Crippen molar-refractivity contribution in [2.75, 3.05) is 12.4 Å². The lowest BCUT2D eigenvalue weighted by Gasteiger charge is -2.51. The summed E-state index contributed by atoms with van der Waals surface area (Å²) in [5, 5.41) is 4.93. The van der Waals surface area contributed by atoms with Gasteiger partial charge in [-0.25, -0.2) is 4.79 Å². The number of anilines is 1. The number of ketones is 1. The molecule has 0 aromatic heterocycles. The van der Waals surface area contributed by atoms with Crippen LogP contribution in [-0.4, -0.2) is 24.8 Å². The largest absolute Gasteiger partial charge is 0.497 e. The van der Waals surface area contributed by atoms with Gasteiger partial charge in [0.05, 0.1) is 7.11 Å². The molecule has 0 heterocycles. The lowest BCUT2D eigenvalue weighted by Crippen LogP contribution is -2.50. The van der Waals surface area contributed by atoms with Crippen LogP contribution in [0, 0.1) is 17.3 Å². The second-order valence-corrected chi connectivity index (χ2v) is 6.85. The van der Waals surface area contributed by atoms with E-state index in [0.29, 0.717) is 17.9 Å². The molecule has 1 saturated carbocycles. The molecule has 1 aliphatic carbocycles. The number of amides is 3. The highest BCUT2D eigenvalue weighted by atomic mass is 16.5. The summed E-state index contributed by atoms with van der Waals surface area (Å²) in [6.07, 6.45) is 0.947. The van der Waals surface area contributed by atoms with Gasteiger partial charge in [-0.05, 0) is 48.9 Å². The predicted octanol–water partition coefficient (Wildman–Crippen LogP) is 2.98. The van der Waals surface area contributed by atoms with E-state index in [2.05, 4.69) is 10.6 Å². The number of hydrogen-bond donors (Lipinski definition) is 2. The van der Waals surface area contributed by atoms with Crippen LogP contribution in [0.25, 0.3) is 0 Å². The zero-order valence-corrected chi connectivity index (χ0v) is 14.5. The molecule has 0 saturated heterocycles. The van der Waals surface area contributed by atoms with Crippen LogP contribution in [0.15, 0.2) is 24.3 Å². The number of ether oxygens (including phenoxy) is 1. The van der Waals surface area contributed by atoms with Crippen molar-refractivity contribution in [3.05, 3.63) is 24.3 Å². The van der Waals surface area contributed by atoms with Gasteiger partial charge in [-0.1, -0.05) is 13.8 Å². The summed E-state index contributed by atoms with van der Waals surface area (Å²) in [4.78, 5) is 35.4. The average molecular weight is 332 g/mol. The number of rotatable bonds is 5. The fourth-order valence-corrected chi connectivity index (χ4v) is 3.29. The molecule has 1 aromatic rings. The Kier molecular flexibility index (Phi) is 5.26. The van der Waals surface area contributed by atoms with E-state index in [9.17, 15) is 14.4 Å². The summed E-state index contributed by atoms with van der Waals surface area (Å²) in [6, 6.07) is 6.25. The summed E-state index contributed by atoms with van der Waals surface area (Å²) in [5.74, 6) is 0.628. The normalized spacial score (nSPS) is 21.3. The highest BCUT2D eigenvalue weighted by Gasteiger charge is 2.50. The molecule has 0 bridgehead atoms. The van der Waals surface area contributed by atoms with E-state index in [0.717, 1.165) is 0 Å². The predicted molar refractivity (Wildman–Crippen MR) is 90.8 cm³/mol. The van der Waals surface area contributed by atoms with Gasteiger partial charge in [0.25, 0.3) is 0 Å². The fourth-order valence-electron chi connectivity index (χ4n) is 3.29. The maximum absolute atomic E-state index is 12.0. The second kappa shape index (κ2) is 7.03. The molecule has 2 atom stereocenters. The number of nitrogens with one attached hydrogen (secondary N) is 2. The lowest BCUT2D eigenvalue weighted by atomic mass is 9.52. The van der Waals surface area contributed by atoms with Crippen LogP contribution in [0.2, 0.25) is 0 Å². The molecule has 1 aromatic carbocycles. The van der Waals surface area contributed by atoms with E-state index >= 15 is 0 Å². The number of urea groups is 1. The molecule has 0 spiro atoms. The Hall–Kier alpha value is -2.37. The SMILES string of the molecule is COc1ccc(NC(=O)NC(=O)CC2CC(C(C)=O)C2(C)C)cc1. The Bertz CT molecular complexity index is 637. The molecule has 3 amide bonds. The molecule has 2 unspecified atom stereocenters. The fraction of sp³-hybridized carbons (Fsp3) is 0.500. The number of carbonyl (C=O) groups excluding carboxylic acids is 3. The van der Waals surface area contributed by atoms with Crippen molar-refractivity contribution < 1.29 is 19.1 Å². The molecule has 6 nitrogen and oxygen atoms in total. The smallest absolute Gasteiger partial charge is 0.325 e. The maximum atomic E-state index is 12.0. The van der Waals surface area contributed by atoms with Crippen LogP contribution in [0.4, 0.5) is 10.5 Å². The van der Waals surface area contributed by atoms with Crippen LogP contribution in [0.1, 0.15) is 33.6 Å². The Labute approximate surface area is 142 Å². The van der Waals surface area contributed by atoms with Crippen LogP contribution >= 0.6 is 0 Å². The van der Waals surface area contributed by atoms with Gasteiger partial charge < -0.3 is 10.1 Å². The lowest BCUT2D eigenvalue weighted by molar-refractivity contribution is -0.140. The van der Waals surface area contributed by atoms with Crippen LogP contribution < -0.4 is 15.4 Å². The molecular weight excluding hydrogens is 308 g/mol. The molecule has 1 aliphatic rings. The summed E-state index contributed by atoms with van der Waals surface area (Å²) in [7, 11) is 1.56. The molecule has 2 rings (SSSR count). The van der Waals surface area contributed by atoms with E-state index in [1.165, 1.54) is 0 Å². The molecule has 0 radical (unpaired) electrons. The third-order valence-corrected chi connectivity index (χ3v) is 4.99. The Balaban J connectivity index is 1.82. The molecular formula is C18H24N2O4. The van der Waals surface area contributed by atoms with Crippen molar-refractivity contribution in [1.82, 2.24) is 5.32 Å². The van der Waals surface area contributed by atoms with E-state index in [1.807, 2.05) is 13.8 Å². The third kappa shape index (κ3) is 3.93. The molecule has 0 aliphatic heterocycles. The third-order valence-electron chi connectivity index (χ3n) is 4.99. The Morgan fingerprint density at radius 2 is 1.83 bits per heavy atom. The van der Waals surface area contributed by atoms with E-state index in [-0.39, 0.29) is 35.4 Å². The standard InChI is InChI=1S/C18H24N2O4/c1-11(21)15-9-12(18(15,2)3)10-16(22)20-17(23)19-13-5-7-14(24-4)8-6-13/h5-8,12,15H,9-10H2,1-4H3,(H2,19,20,22,23). The summed E-state index contributed by atoms with van der Waals surface area (Å²) >= 11 is 0. The number of carbonyl (C=O) groups is 3. The molecule has 6 heteroatoms. The van der Waals surface area contributed by atoms with Crippen molar-refractivity contribution in [3.8, 4) is 5.75 Å². The van der Waals surface area contributed by atoms with Gasteiger partial charge in [0.15, 0.2) is 0 Å². The Morgan fingerprint density at radius 3 is 2.33 bits per heavy atom. The van der Waals surface area contributed by atoms with Crippen molar-refractivity contribution in [3.63, 3.8) is 0 Å². The number of benzene rings is 1. The first-order valence-corrected chi connectivity index (χ1v) is 7.99. The van der Waals surface area contributed by atoms with Crippen molar-refractivity contribution in [2.24, 2.45) is 17.3 Å². The minimum atomic E-state index is -0.564. The molecule has 1 fully saturated rings. The number of hydrogen-bond acceptors (Lipinski definition) is 4. The van der Waals surface area contributed by atoms with Gasteiger partial charge >= 0.3 is 6.03 Å². The number of imide groups is 1. The Morgan fingerprint density at radius 1 is 1.21 bits per heavy atom. The van der Waals surface area contributed by atoms with Crippen molar-refractivity contribution >= 4 is 23.4 Å². The first-order valence-electron chi connectivity index (χ1n) is 7.99. The van der Waals surface area contributed by atoms with Gasteiger partial charge in [-0.3, -0.25) is 14.9 Å². The highest BCUT2D eigenvalue weighted by molar-refractivity contribution is 6.01. The van der Waals surface area contributed by atoms with Gasteiger partial charge in [0, 0.05) is 18.0 Å². The van der Waals surface area contributed by atoms with Crippen molar-refractivity contribution in [1.29, 1.82) is 0 Å².